The van der Waals surface area contributed by atoms with Gasteiger partial charge in [-0.3, -0.25) is 0 Å². The average molecular weight is 408 g/mol. The smallest absolute Gasteiger partial charge is 0.545 e. The summed E-state index contributed by atoms with van der Waals surface area (Å²) in [4.78, 5) is 37.7. The summed E-state index contributed by atoms with van der Waals surface area (Å²) in [5.74, 6) is -6.19. The third-order valence-electron chi connectivity index (χ3n) is 1.82. The number of carboxylic acids is 4. The Morgan fingerprint density at radius 2 is 0.741 bits per heavy atom. The molecule has 0 unspecified atom stereocenters. The van der Waals surface area contributed by atoms with Gasteiger partial charge in [-0.1, -0.05) is 0 Å². The molecule has 0 saturated carbocycles. The molecule has 0 aliphatic carbocycles. The van der Waals surface area contributed by atoms with Crippen molar-refractivity contribution in [3.63, 3.8) is 0 Å². The fourth-order valence-electron chi connectivity index (χ4n) is 0.914. The normalized spacial score (nSPS) is 8.59. The van der Waals surface area contributed by atoms with E-state index in [1.165, 1.54) is 0 Å². The van der Waals surface area contributed by atoms with Crippen molar-refractivity contribution >= 4 is 23.9 Å². The summed E-state index contributed by atoms with van der Waals surface area (Å²) in [6.07, 6.45) is 1.54. The van der Waals surface area contributed by atoms with Gasteiger partial charge >= 0.3 is 24.6 Å². The minimum atomic E-state index is -1.55. The standard InChI is InChI=1S/2C5H5.2C4H4O4.Ti/c2*1-2-4-5-3-1;2*5-3(6)1-2-4(7)8;/h2*1-5H;2*1-2H,(H,5,6)(H,7,8);/q2*-1;;;+4/p-2/b;;2*2-1-;. The van der Waals surface area contributed by atoms with Gasteiger partial charge in [0.2, 0.25) is 0 Å². The first-order chi connectivity index (χ1) is 12.3. The van der Waals surface area contributed by atoms with Crippen LogP contribution in [0.3, 0.4) is 0 Å². The van der Waals surface area contributed by atoms with Gasteiger partial charge in [-0.25, -0.2) is 24.3 Å². The third kappa shape index (κ3) is 34.9. The van der Waals surface area contributed by atoms with Gasteiger partial charge < -0.3 is 39.6 Å². The second-order valence-corrected chi connectivity index (χ2v) is 3.87. The van der Waals surface area contributed by atoms with Crippen molar-refractivity contribution in [2.24, 2.45) is 0 Å². The Bertz CT molecular complexity index is 554. The van der Waals surface area contributed by atoms with E-state index >= 15 is 0 Å². The first-order valence-electron chi connectivity index (χ1n) is 6.79. The van der Waals surface area contributed by atoms with Crippen molar-refractivity contribution < 1.29 is 64.2 Å². The van der Waals surface area contributed by atoms with E-state index in [9.17, 15) is 39.6 Å². The van der Waals surface area contributed by atoms with Gasteiger partial charge in [0.05, 0.1) is 23.9 Å². The number of hydrogen-bond donors (Lipinski definition) is 0. The largest absolute Gasteiger partial charge is 4.00 e. The second kappa shape index (κ2) is 20.8. The Morgan fingerprint density at radius 1 is 0.556 bits per heavy atom. The Hall–Kier alpha value is -3.23. The molecule has 0 saturated heterocycles. The van der Waals surface area contributed by atoms with Crippen LogP contribution in [0, 0.1) is 0 Å². The van der Waals surface area contributed by atoms with Crippen LogP contribution in [0.4, 0.5) is 0 Å². The van der Waals surface area contributed by atoms with Crippen LogP contribution in [-0.4, -0.2) is 23.9 Å². The van der Waals surface area contributed by atoms with Crippen LogP contribution in [0.25, 0.3) is 0 Å². The van der Waals surface area contributed by atoms with E-state index in [0.717, 1.165) is 0 Å². The predicted molar refractivity (Wildman–Crippen MR) is 84.6 cm³/mol. The van der Waals surface area contributed by atoms with Crippen LogP contribution in [0.15, 0.2) is 85.0 Å². The number of aliphatic carboxylic acids is 4. The summed E-state index contributed by atoms with van der Waals surface area (Å²) in [6.45, 7) is 0. The maximum Gasteiger partial charge on any atom is 4.00 e. The van der Waals surface area contributed by atoms with Gasteiger partial charge in [-0.2, -0.15) is 36.4 Å². The number of hydrogen-bond acceptors (Lipinski definition) is 8. The van der Waals surface area contributed by atoms with Crippen LogP contribution in [0.2, 0.25) is 0 Å². The zero-order valence-electron chi connectivity index (χ0n) is 15.8. The third-order valence-corrected chi connectivity index (χ3v) is 1.82. The molecule has 0 amide bonds. The van der Waals surface area contributed by atoms with Crippen molar-refractivity contribution in [2.45, 2.75) is 0 Å². The molecule has 0 fully saturated rings. The molecule has 2 rings (SSSR count). The van der Waals surface area contributed by atoms with Crippen LogP contribution in [0.1, 0.15) is 2.85 Å². The molecule has 9 heteroatoms. The van der Waals surface area contributed by atoms with Crippen molar-refractivity contribution in [3.05, 3.63) is 85.0 Å². The molecule has 0 bridgehead atoms. The molecule has 0 N–H and O–H groups in total. The van der Waals surface area contributed by atoms with Gasteiger partial charge in [0, 0.05) is 0 Å². The molecule has 0 heterocycles. The van der Waals surface area contributed by atoms with E-state index in [2.05, 4.69) is 0 Å². The van der Waals surface area contributed by atoms with E-state index in [1.54, 1.807) is 0 Å². The maximum atomic E-state index is 9.41. The average Bonchev–Trinajstić information content (AvgIpc) is 3.28. The predicted octanol–water partition coefficient (Wildman–Crippen LogP) is -2.88. The van der Waals surface area contributed by atoms with Gasteiger partial charge in [0.1, 0.15) is 0 Å². The van der Waals surface area contributed by atoms with Gasteiger partial charge in [-0.05, 0) is 24.3 Å². The molecular weight excluding hydrogens is 392 g/mol. The summed E-state index contributed by atoms with van der Waals surface area (Å²) in [6, 6.07) is 20.0. The summed E-state index contributed by atoms with van der Waals surface area (Å²) >= 11 is 0. The molecular formula is C18H16O8Ti. The van der Waals surface area contributed by atoms with E-state index in [4.69, 9.17) is 0 Å². The fourth-order valence-corrected chi connectivity index (χ4v) is 0.914. The molecule has 0 radical (unpaired) electrons. The second-order valence-electron chi connectivity index (χ2n) is 3.87. The fraction of sp³-hybridized carbons (Fsp3) is 0. The quantitative estimate of drug-likeness (QED) is 0.296. The Kier molecular flexibility index (Phi) is 22.0. The molecule has 2 aromatic rings. The Balaban J connectivity index is -0.0000000867. The summed E-state index contributed by atoms with van der Waals surface area (Å²) in [5, 5.41) is 37.7. The Labute approximate surface area is 173 Å². The molecule has 8 nitrogen and oxygen atoms in total. The van der Waals surface area contributed by atoms with E-state index in [0.29, 0.717) is 24.3 Å². The first kappa shape index (κ1) is 28.6. The zero-order valence-corrected chi connectivity index (χ0v) is 15.4. The van der Waals surface area contributed by atoms with Crippen LogP contribution in [0.5, 0.6) is 0 Å². The number of carboxylic acid groups (broad SMARTS) is 4. The van der Waals surface area contributed by atoms with Crippen molar-refractivity contribution in [3.8, 4) is 0 Å². The molecule has 2 aromatic carbocycles. The minimum Gasteiger partial charge on any atom is -0.545 e. The maximum absolute atomic E-state index is 9.41. The van der Waals surface area contributed by atoms with Crippen molar-refractivity contribution in [1.29, 1.82) is 0 Å². The molecule has 27 heavy (non-hydrogen) atoms. The molecule has 140 valence electrons. The zero-order chi connectivity index (χ0) is 20.2. The summed E-state index contributed by atoms with van der Waals surface area (Å²) in [7, 11) is 0. The molecule has 0 aromatic heterocycles. The van der Waals surface area contributed by atoms with E-state index < -0.39 is 23.9 Å². The number of rotatable bonds is 4. The molecule has 0 aliphatic heterocycles. The molecule has 0 aliphatic rings. The van der Waals surface area contributed by atoms with Gasteiger partial charge in [0.15, 0.2) is 0 Å². The SMILES string of the molecule is O=C([O-])/C=C\C(=O)[O-].O=C([O-])/C=C\C(=O)[O-].[H+].[H+].[Ti+4].c1cc[cH-]c1.c1cc[cH-]c1. The topological polar surface area (TPSA) is 161 Å². The minimum absolute atomic E-state index is 0. The molecule has 0 spiro atoms. The van der Waals surface area contributed by atoms with Gasteiger partial charge in [-0.15, -0.1) is 0 Å². The monoisotopic (exact) mass is 408 g/mol. The van der Waals surface area contributed by atoms with Crippen LogP contribution >= 0.6 is 0 Å². The summed E-state index contributed by atoms with van der Waals surface area (Å²) in [5.41, 5.74) is 0. The van der Waals surface area contributed by atoms with Crippen molar-refractivity contribution in [2.75, 3.05) is 0 Å². The van der Waals surface area contributed by atoms with E-state index in [1.807, 2.05) is 60.7 Å². The Morgan fingerprint density at radius 3 is 0.815 bits per heavy atom. The summed E-state index contributed by atoms with van der Waals surface area (Å²) < 4.78 is 0. The van der Waals surface area contributed by atoms with Crippen LogP contribution in [-0.2, 0) is 40.9 Å². The number of carbonyl (C=O) groups excluding carboxylic acids is 4. The van der Waals surface area contributed by atoms with Gasteiger partial charge in [0.25, 0.3) is 0 Å². The van der Waals surface area contributed by atoms with Crippen molar-refractivity contribution in [1.82, 2.24) is 0 Å². The molecule has 0 atom stereocenters. The van der Waals surface area contributed by atoms with Crippen LogP contribution < -0.4 is 20.4 Å². The number of carbonyl (C=O) groups is 4. The first-order valence-corrected chi connectivity index (χ1v) is 6.79. The van der Waals surface area contributed by atoms with E-state index in [-0.39, 0.29) is 24.6 Å².